The van der Waals surface area contributed by atoms with E-state index < -0.39 is 4.92 Å². The van der Waals surface area contributed by atoms with Gasteiger partial charge in [-0.1, -0.05) is 30.3 Å². The van der Waals surface area contributed by atoms with Gasteiger partial charge in [-0.15, -0.1) is 0 Å². The van der Waals surface area contributed by atoms with E-state index in [4.69, 9.17) is 5.73 Å². The van der Waals surface area contributed by atoms with Gasteiger partial charge >= 0.3 is 0 Å². The number of hydrogen-bond acceptors (Lipinski definition) is 6. The second-order valence-electron chi connectivity index (χ2n) is 6.02. The molecule has 8 nitrogen and oxygen atoms in total. The van der Waals surface area contributed by atoms with Crippen molar-refractivity contribution in [1.29, 1.82) is 0 Å². The Balaban J connectivity index is 1.59. The number of nitrogens with two attached hydrogens (primary N) is 1. The smallest absolute Gasteiger partial charge is 0.271 e. The predicted molar refractivity (Wildman–Crippen MR) is 113 cm³/mol. The molecule has 8 heteroatoms. The van der Waals surface area contributed by atoms with Crippen LogP contribution in [-0.4, -0.2) is 23.3 Å². The number of hydrazone groups is 1. The van der Waals surface area contributed by atoms with E-state index in [0.29, 0.717) is 16.9 Å². The zero-order valence-electron chi connectivity index (χ0n) is 15.2. The molecule has 144 valence electrons. The van der Waals surface area contributed by atoms with Gasteiger partial charge in [0.1, 0.15) is 0 Å². The number of nitrogens with one attached hydrogen (secondary N) is 1. The number of benzene rings is 3. The number of carbonyl (C=O) groups excluding carboxylic acids is 1. The van der Waals surface area contributed by atoms with Crippen LogP contribution in [0.4, 0.5) is 17.1 Å². The van der Waals surface area contributed by atoms with Gasteiger partial charge in [0, 0.05) is 29.6 Å². The van der Waals surface area contributed by atoms with Gasteiger partial charge in [0.2, 0.25) is 0 Å². The van der Waals surface area contributed by atoms with Crippen molar-refractivity contribution in [2.45, 2.75) is 0 Å². The van der Waals surface area contributed by atoms with Crippen LogP contribution in [0.1, 0.15) is 21.5 Å². The topological polar surface area (TPSA) is 123 Å². The Morgan fingerprint density at radius 2 is 1.62 bits per heavy atom. The van der Waals surface area contributed by atoms with Gasteiger partial charge in [-0.3, -0.25) is 19.9 Å². The number of rotatable bonds is 6. The molecule has 0 aliphatic heterocycles. The van der Waals surface area contributed by atoms with Crippen molar-refractivity contribution in [2.75, 3.05) is 5.73 Å². The van der Waals surface area contributed by atoms with Crippen molar-refractivity contribution in [2.24, 2.45) is 10.1 Å². The average molecular weight is 387 g/mol. The largest absolute Gasteiger partial charge is 0.399 e. The molecule has 3 aromatic rings. The maximum absolute atomic E-state index is 12.0. The summed E-state index contributed by atoms with van der Waals surface area (Å²) in [6, 6.07) is 19.9. The quantitative estimate of drug-likeness (QED) is 0.290. The van der Waals surface area contributed by atoms with Crippen LogP contribution in [0.25, 0.3) is 0 Å². The summed E-state index contributed by atoms with van der Waals surface area (Å²) in [7, 11) is 0. The highest BCUT2D eigenvalue weighted by molar-refractivity contribution is 5.95. The predicted octanol–water partition coefficient (Wildman–Crippen LogP) is 3.69. The fourth-order valence-electron chi connectivity index (χ4n) is 2.37. The zero-order chi connectivity index (χ0) is 20.6. The maximum atomic E-state index is 12.0. The van der Waals surface area contributed by atoms with E-state index in [-0.39, 0.29) is 11.6 Å². The van der Waals surface area contributed by atoms with Gasteiger partial charge in [-0.25, -0.2) is 5.43 Å². The third kappa shape index (κ3) is 5.57. The fourth-order valence-corrected chi connectivity index (χ4v) is 2.37. The molecule has 1 amide bonds. The highest BCUT2D eigenvalue weighted by Gasteiger charge is 2.04. The number of nitro groups is 1. The first-order chi connectivity index (χ1) is 14.0. The van der Waals surface area contributed by atoms with Gasteiger partial charge < -0.3 is 5.73 Å². The number of aliphatic imine (C=N–C) groups is 1. The molecule has 0 fully saturated rings. The second kappa shape index (κ2) is 9.05. The van der Waals surface area contributed by atoms with E-state index in [2.05, 4.69) is 15.5 Å². The molecule has 3 rings (SSSR count). The van der Waals surface area contributed by atoms with Crippen LogP contribution in [0.2, 0.25) is 0 Å². The fraction of sp³-hybridized carbons (Fsp3) is 0. The zero-order valence-corrected chi connectivity index (χ0v) is 15.2. The lowest BCUT2D eigenvalue weighted by Gasteiger charge is -2.00. The van der Waals surface area contributed by atoms with E-state index in [9.17, 15) is 14.9 Å². The Bertz CT molecular complexity index is 1070. The molecule has 0 unspecified atom stereocenters. The van der Waals surface area contributed by atoms with Crippen LogP contribution in [0.5, 0.6) is 0 Å². The SMILES string of the molecule is Nc1ccc(C(=O)NN=Cc2ccc(C=Nc3cccc([N+](=O)[O-])c3)cc2)cc1. The first-order valence-electron chi connectivity index (χ1n) is 8.59. The molecular weight excluding hydrogens is 370 g/mol. The molecule has 0 bridgehead atoms. The van der Waals surface area contributed by atoms with E-state index in [1.807, 2.05) is 24.3 Å². The first-order valence-corrected chi connectivity index (χ1v) is 8.59. The maximum Gasteiger partial charge on any atom is 0.271 e. The number of hydrogen-bond donors (Lipinski definition) is 2. The Labute approximate surface area is 166 Å². The minimum absolute atomic E-state index is 0.00720. The standard InChI is InChI=1S/C21H17N5O3/c22-18-10-8-17(9-11-18)21(27)25-24-14-16-6-4-15(5-7-16)13-23-19-2-1-3-20(12-19)26(28)29/h1-14H,22H2,(H,25,27). The summed E-state index contributed by atoms with van der Waals surface area (Å²) in [4.78, 5) is 26.5. The van der Waals surface area contributed by atoms with Crippen LogP contribution < -0.4 is 11.2 Å². The number of carbonyl (C=O) groups is 1. The van der Waals surface area contributed by atoms with Gasteiger partial charge in [0.25, 0.3) is 11.6 Å². The molecule has 0 heterocycles. The van der Waals surface area contributed by atoms with Crippen molar-refractivity contribution in [3.63, 3.8) is 0 Å². The molecular formula is C21H17N5O3. The normalized spacial score (nSPS) is 11.0. The lowest BCUT2D eigenvalue weighted by molar-refractivity contribution is -0.384. The van der Waals surface area contributed by atoms with Gasteiger partial charge in [-0.2, -0.15) is 5.10 Å². The summed E-state index contributed by atoms with van der Waals surface area (Å²) in [5.41, 5.74) is 11.2. The van der Waals surface area contributed by atoms with E-state index >= 15 is 0 Å². The van der Waals surface area contributed by atoms with Crippen molar-refractivity contribution >= 4 is 35.4 Å². The lowest BCUT2D eigenvalue weighted by Crippen LogP contribution is -2.17. The Kier molecular flexibility index (Phi) is 6.06. The van der Waals surface area contributed by atoms with E-state index in [1.54, 1.807) is 42.6 Å². The highest BCUT2D eigenvalue weighted by atomic mass is 16.6. The van der Waals surface area contributed by atoms with Gasteiger partial charge in [0.15, 0.2) is 0 Å². The second-order valence-corrected chi connectivity index (χ2v) is 6.02. The van der Waals surface area contributed by atoms with Crippen LogP contribution in [0.15, 0.2) is 82.9 Å². The Hall–Kier alpha value is -4.33. The molecule has 3 N–H and O–H groups in total. The molecule has 0 atom stereocenters. The van der Waals surface area contributed by atoms with Crippen molar-refractivity contribution in [1.82, 2.24) is 5.43 Å². The lowest BCUT2D eigenvalue weighted by atomic mass is 10.1. The minimum Gasteiger partial charge on any atom is -0.399 e. The van der Waals surface area contributed by atoms with Crippen molar-refractivity contribution in [3.05, 3.63) is 99.6 Å². The third-order valence-electron chi connectivity index (χ3n) is 3.89. The van der Waals surface area contributed by atoms with Crippen molar-refractivity contribution in [3.8, 4) is 0 Å². The number of nitro benzene ring substituents is 1. The Morgan fingerprint density at radius 1 is 0.966 bits per heavy atom. The van der Waals surface area contributed by atoms with Gasteiger partial charge in [0.05, 0.1) is 16.8 Å². The number of non-ortho nitro benzene ring substituents is 1. The molecule has 0 aliphatic carbocycles. The Morgan fingerprint density at radius 3 is 2.28 bits per heavy atom. The van der Waals surface area contributed by atoms with Crippen LogP contribution in [0.3, 0.4) is 0 Å². The van der Waals surface area contributed by atoms with Gasteiger partial charge in [-0.05, 0) is 41.5 Å². The molecule has 0 saturated heterocycles. The number of nitrogens with zero attached hydrogens (tertiary/aromatic N) is 3. The molecule has 0 radical (unpaired) electrons. The summed E-state index contributed by atoms with van der Waals surface area (Å²) < 4.78 is 0. The highest BCUT2D eigenvalue weighted by Crippen LogP contribution is 2.19. The molecule has 0 aliphatic rings. The third-order valence-corrected chi connectivity index (χ3v) is 3.89. The summed E-state index contributed by atoms with van der Waals surface area (Å²) in [6.45, 7) is 0. The minimum atomic E-state index is -0.459. The number of anilines is 1. The van der Waals surface area contributed by atoms with E-state index in [1.165, 1.54) is 18.3 Å². The average Bonchev–Trinajstić information content (AvgIpc) is 2.74. The molecule has 0 spiro atoms. The summed E-state index contributed by atoms with van der Waals surface area (Å²) in [5.74, 6) is -0.332. The van der Waals surface area contributed by atoms with Crippen LogP contribution in [0, 0.1) is 10.1 Å². The summed E-state index contributed by atoms with van der Waals surface area (Å²) in [5, 5.41) is 14.7. The summed E-state index contributed by atoms with van der Waals surface area (Å²) in [6.07, 6.45) is 3.14. The monoisotopic (exact) mass is 387 g/mol. The number of amides is 1. The molecule has 0 saturated carbocycles. The van der Waals surface area contributed by atoms with Crippen LogP contribution >= 0.6 is 0 Å². The first kappa shape index (κ1) is 19.4. The van der Waals surface area contributed by atoms with Crippen LogP contribution in [-0.2, 0) is 0 Å². The molecule has 3 aromatic carbocycles. The van der Waals surface area contributed by atoms with Crippen molar-refractivity contribution < 1.29 is 9.72 Å². The summed E-state index contributed by atoms with van der Waals surface area (Å²) >= 11 is 0. The van der Waals surface area contributed by atoms with E-state index in [0.717, 1.165) is 11.1 Å². The molecule has 29 heavy (non-hydrogen) atoms. The molecule has 0 aromatic heterocycles. The number of nitrogen functional groups attached to an aromatic ring is 1.